The predicted molar refractivity (Wildman–Crippen MR) is 64.2 cm³/mol. The number of ether oxygens (including phenoxy) is 1. The van der Waals surface area contributed by atoms with Gasteiger partial charge in [-0.05, 0) is 25.5 Å². The average Bonchev–Trinajstić information content (AvgIpc) is 2.30. The molecule has 0 heterocycles. The lowest BCUT2D eigenvalue weighted by Gasteiger charge is -2.16. The standard InChI is InChI=1S/C12H20N2O2/c13-7-3-9-16-12-5-2-1-4-10(12)11(14)6-8-15/h1-2,4-5,11,15H,3,6-9,13-14H2. The summed E-state index contributed by atoms with van der Waals surface area (Å²) >= 11 is 0. The van der Waals surface area contributed by atoms with E-state index in [4.69, 9.17) is 21.3 Å². The van der Waals surface area contributed by atoms with Crippen LogP contribution in [0.5, 0.6) is 5.75 Å². The summed E-state index contributed by atoms with van der Waals surface area (Å²) < 4.78 is 5.60. The van der Waals surface area contributed by atoms with Crippen LogP contribution in [0, 0.1) is 0 Å². The summed E-state index contributed by atoms with van der Waals surface area (Å²) in [6.07, 6.45) is 1.36. The van der Waals surface area contributed by atoms with Crippen LogP contribution < -0.4 is 16.2 Å². The highest BCUT2D eigenvalue weighted by atomic mass is 16.5. The van der Waals surface area contributed by atoms with Crippen molar-refractivity contribution >= 4 is 0 Å². The van der Waals surface area contributed by atoms with Gasteiger partial charge in [-0.15, -0.1) is 0 Å². The van der Waals surface area contributed by atoms with Crippen molar-refractivity contribution in [1.29, 1.82) is 0 Å². The van der Waals surface area contributed by atoms with Crippen LogP contribution in [0.3, 0.4) is 0 Å². The van der Waals surface area contributed by atoms with E-state index in [1.54, 1.807) is 0 Å². The Labute approximate surface area is 96.2 Å². The van der Waals surface area contributed by atoms with E-state index in [1.165, 1.54) is 0 Å². The molecule has 0 aromatic heterocycles. The molecule has 0 bridgehead atoms. The number of rotatable bonds is 7. The van der Waals surface area contributed by atoms with E-state index in [2.05, 4.69) is 0 Å². The minimum atomic E-state index is -0.181. The minimum Gasteiger partial charge on any atom is -0.493 e. The Morgan fingerprint density at radius 2 is 2.06 bits per heavy atom. The molecule has 5 N–H and O–H groups in total. The molecule has 0 fully saturated rings. The molecule has 1 atom stereocenters. The topological polar surface area (TPSA) is 81.5 Å². The second kappa shape index (κ2) is 7.22. The first-order chi connectivity index (χ1) is 7.79. The van der Waals surface area contributed by atoms with Crippen molar-refractivity contribution in [3.63, 3.8) is 0 Å². The quantitative estimate of drug-likeness (QED) is 0.598. The Morgan fingerprint density at radius 1 is 1.31 bits per heavy atom. The van der Waals surface area contributed by atoms with E-state index in [9.17, 15) is 0 Å². The molecule has 1 unspecified atom stereocenters. The maximum atomic E-state index is 8.87. The summed E-state index contributed by atoms with van der Waals surface area (Å²) in [4.78, 5) is 0. The predicted octanol–water partition coefficient (Wildman–Crippen LogP) is 0.796. The zero-order valence-corrected chi connectivity index (χ0v) is 9.43. The van der Waals surface area contributed by atoms with Crippen LogP contribution in [-0.2, 0) is 0 Å². The highest BCUT2D eigenvalue weighted by Crippen LogP contribution is 2.25. The Hall–Kier alpha value is -1.10. The molecule has 0 amide bonds. The molecule has 1 aromatic rings. The van der Waals surface area contributed by atoms with Crippen molar-refractivity contribution in [3.8, 4) is 5.75 Å². The Balaban J connectivity index is 2.67. The summed E-state index contributed by atoms with van der Waals surface area (Å²) in [6, 6.07) is 7.47. The molecular formula is C12H20N2O2. The summed E-state index contributed by atoms with van der Waals surface area (Å²) in [7, 11) is 0. The van der Waals surface area contributed by atoms with Crippen molar-refractivity contribution in [2.24, 2.45) is 11.5 Å². The number of nitrogens with two attached hydrogens (primary N) is 2. The van der Waals surface area contributed by atoms with Gasteiger partial charge in [0.2, 0.25) is 0 Å². The number of benzene rings is 1. The van der Waals surface area contributed by atoms with Gasteiger partial charge in [-0.25, -0.2) is 0 Å². The van der Waals surface area contributed by atoms with Crippen LogP contribution in [0.2, 0.25) is 0 Å². The zero-order valence-electron chi connectivity index (χ0n) is 9.43. The van der Waals surface area contributed by atoms with Crippen molar-refractivity contribution in [3.05, 3.63) is 29.8 Å². The molecule has 0 spiro atoms. The lowest BCUT2D eigenvalue weighted by molar-refractivity contribution is 0.272. The van der Waals surface area contributed by atoms with E-state index in [0.717, 1.165) is 17.7 Å². The van der Waals surface area contributed by atoms with Crippen molar-refractivity contribution < 1.29 is 9.84 Å². The van der Waals surface area contributed by atoms with Crippen molar-refractivity contribution in [2.75, 3.05) is 19.8 Å². The molecule has 0 saturated heterocycles. The van der Waals surface area contributed by atoms with E-state index in [0.29, 0.717) is 19.6 Å². The lowest BCUT2D eigenvalue weighted by atomic mass is 10.0. The van der Waals surface area contributed by atoms with Gasteiger partial charge in [-0.1, -0.05) is 18.2 Å². The smallest absolute Gasteiger partial charge is 0.124 e. The van der Waals surface area contributed by atoms with Crippen LogP contribution in [0.25, 0.3) is 0 Å². The van der Waals surface area contributed by atoms with Crippen molar-refractivity contribution in [1.82, 2.24) is 0 Å². The Bertz CT molecular complexity index is 305. The zero-order chi connectivity index (χ0) is 11.8. The highest BCUT2D eigenvalue weighted by molar-refractivity contribution is 5.35. The molecule has 4 heteroatoms. The molecular weight excluding hydrogens is 204 g/mol. The molecule has 0 aliphatic rings. The van der Waals surface area contributed by atoms with E-state index < -0.39 is 0 Å². The van der Waals surface area contributed by atoms with E-state index in [-0.39, 0.29) is 12.6 Å². The second-order valence-electron chi connectivity index (χ2n) is 3.65. The third-order valence-electron chi connectivity index (χ3n) is 2.36. The molecule has 0 aliphatic carbocycles. The Morgan fingerprint density at radius 3 is 2.75 bits per heavy atom. The van der Waals surface area contributed by atoms with Crippen LogP contribution in [0.4, 0.5) is 0 Å². The molecule has 1 aromatic carbocycles. The number of aliphatic hydroxyl groups is 1. The highest BCUT2D eigenvalue weighted by Gasteiger charge is 2.10. The number of aliphatic hydroxyl groups excluding tert-OH is 1. The number of para-hydroxylation sites is 1. The first-order valence-electron chi connectivity index (χ1n) is 5.57. The lowest BCUT2D eigenvalue weighted by Crippen LogP contribution is -2.14. The maximum Gasteiger partial charge on any atom is 0.124 e. The maximum absolute atomic E-state index is 8.87. The fourth-order valence-electron chi connectivity index (χ4n) is 1.48. The van der Waals surface area contributed by atoms with Gasteiger partial charge in [-0.2, -0.15) is 0 Å². The summed E-state index contributed by atoms with van der Waals surface area (Å²) in [5, 5.41) is 8.87. The van der Waals surface area contributed by atoms with Gasteiger partial charge in [0, 0.05) is 18.2 Å². The first kappa shape index (κ1) is 13.0. The van der Waals surface area contributed by atoms with E-state index in [1.807, 2.05) is 24.3 Å². The first-order valence-corrected chi connectivity index (χ1v) is 5.57. The average molecular weight is 224 g/mol. The minimum absolute atomic E-state index is 0.0816. The summed E-state index contributed by atoms with van der Waals surface area (Å²) in [5.74, 6) is 0.789. The van der Waals surface area contributed by atoms with Gasteiger partial charge < -0.3 is 21.3 Å². The normalized spacial score (nSPS) is 12.4. The third kappa shape index (κ3) is 3.81. The summed E-state index contributed by atoms with van der Waals surface area (Å²) in [5.41, 5.74) is 12.3. The van der Waals surface area contributed by atoms with Gasteiger partial charge in [0.1, 0.15) is 5.75 Å². The van der Waals surface area contributed by atoms with Gasteiger partial charge >= 0.3 is 0 Å². The molecule has 0 radical (unpaired) electrons. The van der Waals surface area contributed by atoms with Crippen LogP contribution in [0.15, 0.2) is 24.3 Å². The van der Waals surface area contributed by atoms with Gasteiger partial charge in [0.15, 0.2) is 0 Å². The van der Waals surface area contributed by atoms with Crippen LogP contribution in [-0.4, -0.2) is 24.9 Å². The number of hydrogen-bond donors (Lipinski definition) is 3. The Kier molecular flexibility index (Phi) is 5.85. The van der Waals surface area contributed by atoms with Crippen molar-refractivity contribution in [2.45, 2.75) is 18.9 Å². The fourth-order valence-corrected chi connectivity index (χ4v) is 1.48. The molecule has 90 valence electrons. The van der Waals surface area contributed by atoms with E-state index >= 15 is 0 Å². The second-order valence-corrected chi connectivity index (χ2v) is 3.65. The SMILES string of the molecule is NCCCOc1ccccc1C(N)CCO. The molecule has 1 rings (SSSR count). The van der Waals surface area contributed by atoms with Gasteiger partial charge in [-0.3, -0.25) is 0 Å². The van der Waals surface area contributed by atoms with Gasteiger partial charge in [0.25, 0.3) is 0 Å². The molecule has 16 heavy (non-hydrogen) atoms. The molecule has 4 nitrogen and oxygen atoms in total. The summed E-state index contributed by atoms with van der Waals surface area (Å²) in [6.45, 7) is 1.29. The fraction of sp³-hybridized carbons (Fsp3) is 0.500. The number of hydrogen-bond acceptors (Lipinski definition) is 4. The van der Waals surface area contributed by atoms with Crippen LogP contribution >= 0.6 is 0 Å². The largest absolute Gasteiger partial charge is 0.493 e. The van der Waals surface area contributed by atoms with Gasteiger partial charge in [0.05, 0.1) is 6.61 Å². The third-order valence-corrected chi connectivity index (χ3v) is 2.36. The monoisotopic (exact) mass is 224 g/mol. The van der Waals surface area contributed by atoms with Crippen LogP contribution in [0.1, 0.15) is 24.4 Å². The molecule has 0 saturated carbocycles. The molecule has 0 aliphatic heterocycles.